The van der Waals surface area contributed by atoms with Crippen molar-refractivity contribution >= 4 is 27.0 Å². The van der Waals surface area contributed by atoms with Gasteiger partial charge in [-0.05, 0) is 61.4 Å². The van der Waals surface area contributed by atoms with Gasteiger partial charge < -0.3 is 14.0 Å². The fourth-order valence-corrected chi connectivity index (χ4v) is 6.21. The van der Waals surface area contributed by atoms with Crippen molar-refractivity contribution in [2.24, 2.45) is 0 Å². The predicted molar refractivity (Wildman–Crippen MR) is 167 cm³/mol. The zero-order valence-electron chi connectivity index (χ0n) is 24.8. The maximum atomic E-state index is 14.2. The second-order valence-corrected chi connectivity index (χ2v) is 12.8. The maximum Gasteiger partial charge on any atom is 0.264 e. The van der Waals surface area contributed by atoms with E-state index in [0.717, 1.165) is 11.3 Å². The molecule has 0 spiro atoms. The summed E-state index contributed by atoms with van der Waals surface area (Å²) in [6.45, 7) is 0.829. The van der Waals surface area contributed by atoms with Gasteiger partial charge in [0.25, 0.3) is 5.91 Å². The number of carbonyl (C=O) groups is 1. The normalized spacial score (nSPS) is 13.0. The SMILES string of the molecule is COCCn1c(Cc2ccc(-c3cccc(OCc4ccc(C#N)cc4F)n3)cn2)nc2ccc(C(=O)NS(=O)(=O)C3CC3)cc21. The van der Waals surface area contributed by atoms with Crippen molar-refractivity contribution in [3.8, 4) is 23.2 Å². The number of amides is 1. The topological polar surface area (TPSA) is 149 Å². The van der Waals surface area contributed by atoms with Gasteiger partial charge in [-0.1, -0.05) is 12.1 Å². The molecule has 0 radical (unpaired) electrons. The molecule has 1 saturated carbocycles. The van der Waals surface area contributed by atoms with Gasteiger partial charge in [-0.15, -0.1) is 0 Å². The standard InChI is InChI=1S/C33H29FN6O5S/c1-44-14-13-40-30-16-22(33(41)39-46(42,43)26-10-11-26)8-12-29(30)37-31(40)17-25-9-7-23(19-36-25)28-3-2-4-32(38-28)45-20-24-6-5-21(18-35)15-27(24)34/h2-9,12,15-16,19,26H,10-11,13-14,17,20H2,1H3,(H,39,41). The second kappa shape index (κ2) is 13.0. The number of imidazole rings is 1. The van der Waals surface area contributed by atoms with Crippen LogP contribution in [0.3, 0.4) is 0 Å². The summed E-state index contributed by atoms with van der Waals surface area (Å²) in [7, 11) is -2.08. The molecular formula is C33H29FN6O5S. The van der Waals surface area contributed by atoms with Crippen molar-refractivity contribution in [2.45, 2.75) is 37.7 Å². The van der Waals surface area contributed by atoms with Crippen LogP contribution in [0.25, 0.3) is 22.3 Å². The Labute approximate surface area is 264 Å². The Morgan fingerprint density at radius 3 is 2.67 bits per heavy atom. The first-order chi connectivity index (χ1) is 22.2. The highest BCUT2D eigenvalue weighted by atomic mass is 32.2. The lowest BCUT2D eigenvalue weighted by molar-refractivity contribution is 0.0981. The third-order valence-electron chi connectivity index (χ3n) is 7.55. The lowest BCUT2D eigenvalue weighted by atomic mass is 10.1. The van der Waals surface area contributed by atoms with Gasteiger partial charge in [0, 0.05) is 54.7 Å². The molecule has 46 heavy (non-hydrogen) atoms. The van der Waals surface area contributed by atoms with Crippen LogP contribution in [0.2, 0.25) is 0 Å². The fraction of sp³-hybridized carbons (Fsp3) is 0.242. The van der Waals surface area contributed by atoms with E-state index < -0.39 is 27.0 Å². The number of hydrogen-bond acceptors (Lipinski definition) is 9. The molecule has 3 heterocycles. The summed E-state index contributed by atoms with van der Waals surface area (Å²) in [5, 5.41) is 8.43. The highest BCUT2D eigenvalue weighted by Gasteiger charge is 2.37. The van der Waals surface area contributed by atoms with Gasteiger partial charge in [0.15, 0.2) is 0 Å². The molecule has 1 amide bonds. The molecular weight excluding hydrogens is 611 g/mol. The Morgan fingerprint density at radius 2 is 1.96 bits per heavy atom. The molecule has 1 N–H and O–H groups in total. The number of halogens is 1. The number of aromatic nitrogens is 4. The quantitative estimate of drug-likeness (QED) is 0.207. The first-order valence-corrected chi connectivity index (χ1v) is 16.1. The predicted octanol–water partition coefficient (Wildman–Crippen LogP) is 4.54. The number of rotatable bonds is 12. The number of sulfonamides is 1. The number of carbonyl (C=O) groups excluding carboxylic acids is 1. The zero-order valence-corrected chi connectivity index (χ0v) is 25.6. The molecule has 11 nitrogen and oxygen atoms in total. The van der Waals surface area contributed by atoms with Crippen molar-refractivity contribution in [1.82, 2.24) is 24.2 Å². The minimum atomic E-state index is -3.68. The number of methoxy groups -OCH3 is 1. The molecule has 2 aromatic carbocycles. The summed E-state index contributed by atoms with van der Waals surface area (Å²) in [4.78, 5) is 26.7. The van der Waals surface area contributed by atoms with Crippen molar-refractivity contribution in [1.29, 1.82) is 5.26 Å². The van der Waals surface area contributed by atoms with Crippen molar-refractivity contribution in [3.05, 3.63) is 107 Å². The highest BCUT2D eigenvalue weighted by molar-refractivity contribution is 7.91. The van der Waals surface area contributed by atoms with Crippen molar-refractivity contribution < 1.29 is 27.1 Å². The van der Waals surface area contributed by atoms with Gasteiger partial charge in [0.2, 0.25) is 15.9 Å². The molecule has 0 aliphatic heterocycles. The summed E-state index contributed by atoms with van der Waals surface area (Å²) < 4.78 is 54.0. The van der Waals surface area contributed by atoms with Crippen LogP contribution in [0, 0.1) is 17.1 Å². The van der Waals surface area contributed by atoms with Gasteiger partial charge in [-0.2, -0.15) is 5.26 Å². The Balaban J connectivity index is 1.18. The molecule has 5 aromatic rings. The summed E-state index contributed by atoms with van der Waals surface area (Å²) in [5.74, 6) is -0.165. The van der Waals surface area contributed by atoms with Crippen LogP contribution < -0.4 is 9.46 Å². The minimum Gasteiger partial charge on any atom is -0.473 e. The van der Waals surface area contributed by atoms with Crippen LogP contribution in [0.1, 0.15) is 45.8 Å². The molecule has 0 unspecified atom stereocenters. The number of nitriles is 1. The minimum absolute atomic E-state index is 0.0407. The van der Waals surface area contributed by atoms with Gasteiger partial charge in [-0.3, -0.25) is 9.78 Å². The Hall–Kier alpha value is -5.19. The summed E-state index contributed by atoms with van der Waals surface area (Å²) in [6, 6.07) is 20.1. The van der Waals surface area contributed by atoms with E-state index in [4.69, 9.17) is 19.7 Å². The number of ether oxygens (including phenoxy) is 2. The number of pyridine rings is 2. The molecule has 13 heteroatoms. The summed E-state index contributed by atoms with van der Waals surface area (Å²) in [6.07, 6.45) is 3.21. The van der Waals surface area contributed by atoms with Crippen LogP contribution >= 0.6 is 0 Å². The third kappa shape index (κ3) is 6.88. The first-order valence-electron chi connectivity index (χ1n) is 14.5. The average Bonchev–Trinajstić information content (AvgIpc) is 3.87. The highest BCUT2D eigenvalue weighted by Crippen LogP contribution is 2.28. The number of benzene rings is 2. The molecule has 0 atom stereocenters. The van der Waals surface area contributed by atoms with E-state index in [-0.39, 0.29) is 17.7 Å². The molecule has 0 saturated heterocycles. The largest absolute Gasteiger partial charge is 0.473 e. The van der Waals surface area contributed by atoms with E-state index in [9.17, 15) is 17.6 Å². The van der Waals surface area contributed by atoms with E-state index in [2.05, 4.69) is 14.7 Å². The van der Waals surface area contributed by atoms with Gasteiger partial charge >= 0.3 is 0 Å². The van der Waals surface area contributed by atoms with Crippen LogP contribution in [0.5, 0.6) is 5.88 Å². The van der Waals surface area contributed by atoms with E-state index >= 15 is 0 Å². The molecule has 1 aliphatic carbocycles. The average molecular weight is 641 g/mol. The number of nitrogens with zero attached hydrogens (tertiary/aromatic N) is 5. The Bertz CT molecular complexity index is 2070. The number of fused-ring (bicyclic) bond motifs is 1. The van der Waals surface area contributed by atoms with E-state index in [1.54, 1.807) is 43.6 Å². The first kappa shape index (κ1) is 30.8. The smallest absolute Gasteiger partial charge is 0.264 e. The Kier molecular flexibility index (Phi) is 8.74. The second-order valence-electron chi connectivity index (χ2n) is 10.8. The summed E-state index contributed by atoms with van der Waals surface area (Å²) in [5.41, 5.74) is 4.24. The summed E-state index contributed by atoms with van der Waals surface area (Å²) >= 11 is 0. The Morgan fingerprint density at radius 1 is 1.11 bits per heavy atom. The van der Waals surface area contributed by atoms with Gasteiger partial charge in [0.05, 0.1) is 40.2 Å². The van der Waals surface area contributed by atoms with Crippen LogP contribution in [-0.2, 0) is 34.3 Å². The molecule has 0 bridgehead atoms. The van der Waals surface area contributed by atoms with Crippen molar-refractivity contribution in [2.75, 3.05) is 13.7 Å². The lowest BCUT2D eigenvalue weighted by Crippen LogP contribution is -2.33. The van der Waals surface area contributed by atoms with Crippen LogP contribution in [0.15, 0.2) is 72.9 Å². The van der Waals surface area contributed by atoms with Gasteiger partial charge in [-0.25, -0.2) is 27.5 Å². The van der Waals surface area contributed by atoms with Crippen LogP contribution in [0.4, 0.5) is 4.39 Å². The van der Waals surface area contributed by atoms with Crippen LogP contribution in [-0.4, -0.2) is 52.8 Å². The van der Waals surface area contributed by atoms with E-state index in [1.165, 1.54) is 18.2 Å². The van der Waals surface area contributed by atoms with E-state index in [0.29, 0.717) is 66.4 Å². The van der Waals surface area contributed by atoms with E-state index in [1.807, 2.05) is 28.8 Å². The van der Waals surface area contributed by atoms with Crippen molar-refractivity contribution in [3.63, 3.8) is 0 Å². The molecule has 1 aliphatic rings. The lowest BCUT2D eigenvalue weighted by Gasteiger charge is -2.10. The molecule has 1 fully saturated rings. The molecule has 6 rings (SSSR count). The third-order valence-corrected chi connectivity index (χ3v) is 9.37. The maximum absolute atomic E-state index is 14.2. The molecule has 3 aromatic heterocycles. The number of nitrogens with one attached hydrogen (secondary N) is 1. The number of hydrogen-bond donors (Lipinski definition) is 1. The monoisotopic (exact) mass is 640 g/mol. The zero-order chi connectivity index (χ0) is 32.3. The fourth-order valence-electron chi connectivity index (χ4n) is 4.91. The molecule has 234 valence electrons. The van der Waals surface area contributed by atoms with Gasteiger partial charge in [0.1, 0.15) is 18.2 Å².